The van der Waals surface area contributed by atoms with Crippen molar-refractivity contribution >= 4 is 21.6 Å². The van der Waals surface area contributed by atoms with E-state index in [4.69, 9.17) is 5.11 Å². The molecule has 6 heteroatoms. The fraction of sp³-hybridized carbons (Fsp3) is 0.0714. The Hall–Kier alpha value is -2.34. The number of amides is 1. The summed E-state index contributed by atoms with van der Waals surface area (Å²) in [5, 5.41) is 9.03. The Morgan fingerprint density at radius 3 is 2.15 bits per heavy atom. The van der Waals surface area contributed by atoms with Crippen LogP contribution in [-0.2, 0) is 9.84 Å². The lowest BCUT2D eigenvalue weighted by atomic mass is 10.3. The lowest BCUT2D eigenvalue weighted by Crippen LogP contribution is -2.25. The van der Waals surface area contributed by atoms with Gasteiger partial charge in [-0.25, -0.2) is 13.2 Å². The van der Waals surface area contributed by atoms with E-state index in [2.05, 4.69) is 0 Å². The zero-order chi connectivity index (χ0) is 14.8. The highest BCUT2D eigenvalue weighted by Crippen LogP contribution is 2.29. The number of hydrogen-bond acceptors (Lipinski definition) is 3. The Morgan fingerprint density at radius 1 is 1.00 bits per heavy atom. The molecule has 0 saturated heterocycles. The van der Waals surface area contributed by atoms with Crippen molar-refractivity contribution in [2.45, 2.75) is 9.79 Å². The SMILES string of the molecule is CN(C(=O)O)c1ccccc1S(=O)(=O)c1ccccc1. The van der Waals surface area contributed by atoms with E-state index in [0.717, 1.165) is 4.90 Å². The van der Waals surface area contributed by atoms with E-state index in [0.29, 0.717) is 0 Å². The first-order valence-corrected chi connectivity index (χ1v) is 7.28. The zero-order valence-electron chi connectivity index (χ0n) is 10.7. The summed E-state index contributed by atoms with van der Waals surface area (Å²) in [6, 6.07) is 13.9. The van der Waals surface area contributed by atoms with Gasteiger partial charge in [-0.2, -0.15) is 0 Å². The average molecular weight is 291 g/mol. The van der Waals surface area contributed by atoms with Gasteiger partial charge in [-0.1, -0.05) is 30.3 Å². The monoisotopic (exact) mass is 291 g/mol. The van der Waals surface area contributed by atoms with E-state index in [1.54, 1.807) is 30.3 Å². The maximum absolute atomic E-state index is 12.6. The first kappa shape index (κ1) is 14.1. The molecule has 0 radical (unpaired) electrons. The summed E-state index contributed by atoms with van der Waals surface area (Å²) in [7, 11) is -2.45. The van der Waals surface area contributed by atoms with Gasteiger partial charge in [0.15, 0.2) is 0 Å². The number of benzene rings is 2. The number of rotatable bonds is 3. The third-order valence-electron chi connectivity index (χ3n) is 2.86. The summed E-state index contributed by atoms with van der Waals surface area (Å²) in [5.41, 5.74) is 0.129. The van der Waals surface area contributed by atoms with Gasteiger partial charge in [0.2, 0.25) is 9.84 Å². The molecule has 0 unspecified atom stereocenters. The minimum atomic E-state index is -3.75. The fourth-order valence-corrected chi connectivity index (χ4v) is 3.30. The molecule has 0 fully saturated rings. The lowest BCUT2D eigenvalue weighted by molar-refractivity contribution is 0.203. The summed E-state index contributed by atoms with van der Waals surface area (Å²) in [6.07, 6.45) is -1.22. The third-order valence-corrected chi connectivity index (χ3v) is 4.67. The van der Waals surface area contributed by atoms with Gasteiger partial charge in [-0.05, 0) is 24.3 Å². The Kier molecular flexibility index (Phi) is 3.76. The van der Waals surface area contributed by atoms with Gasteiger partial charge in [0.05, 0.1) is 15.5 Å². The minimum absolute atomic E-state index is 0.0314. The van der Waals surface area contributed by atoms with Crippen LogP contribution in [0.2, 0.25) is 0 Å². The predicted molar refractivity (Wildman–Crippen MR) is 74.8 cm³/mol. The molecule has 0 spiro atoms. The summed E-state index contributed by atoms with van der Waals surface area (Å²) in [4.78, 5) is 12.0. The van der Waals surface area contributed by atoms with Gasteiger partial charge in [-0.3, -0.25) is 4.90 Å². The highest BCUT2D eigenvalue weighted by Gasteiger charge is 2.24. The number of para-hydroxylation sites is 1. The second kappa shape index (κ2) is 5.34. The van der Waals surface area contributed by atoms with E-state index >= 15 is 0 Å². The molecule has 104 valence electrons. The highest BCUT2D eigenvalue weighted by atomic mass is 32.2. The molecule has 0 saturated carbocycles. The van der Waals surface area contributed by atoms with Gasteiger partial charge in [0.1, 0.15) is 0 Å². The van der Waals surface area contributed by atoms with Crippen molar-refractivity contribution < 1.29 is 18.3 Å². The van der Waals surface area contributed by atoms with Gasteiger partial charge in [-0.15, -0.1) is 0 Å². The van der Waals surface area contributed by atoms with Crippen LogP contribution in [0.3, 0.4) is 0 Å². The third kappa shape index (κ3) is 2.50. The van der Waals surface area contributed by atoms with Gasteiger partial charge >= 0.3 is 6.09 Å². The van der Waals surface area contributed by atoms with Crippen LogP contribution in [0.25, 0.3) is 0 Å². The number of anilines is 1. The second-order valence-corrected chi connectivity index (χ2v) is 6.04. The van der Waals surface area contributed by atoms with Crippen molar-refractivity contribution in [2.75, 3.05) is 11.9 Å². The number of hydrogen-bond donors (Lipinski definition) is 1. The first-order valence-electron chi connectivity index (χ1n) is 5.80. The normalized spacial score (nSPS) is 11.1. The molecule has 2 rings (SSSR count). The smallest absolute Gasteiger partial charge is 0.411 e. The number of nitrogens with zero attached hydrogens (tertiary/aromatic N) is 1. The molecule has 0 bridgehead atoms. The first-order chi connectivity index (χ1) is 9.44. The number of carbonyl (C=O) groups is 1. The summed E-state index contributed by atoms with van der Waals surface area (Å²) in [5.74, 6) is 0. The standard InChI is InChI=1S/C14H13NO4S/c1-15(14(16)17)12-9-5-6-10-13(12)20(18,19)11-7-3-2-4-8-11/h2-10H,1H3,(H,16,17). The number of sulfone groups is 1. The summed E-state index contributed by atoms with van der Waals surface area (Å²) >= 11 is 0. The molecule has 1 amide bonds. The van der Waals surface area contributed by atoms with E-state index in [1.807, 2.05) is 0 Å². The molecule has 2 aromatic rings. The topological polar surface area (TPSA) is 74.7 Å². The Labute approximate surface area is 117 Å². The highest BCUT2D eigenvalue weighted by molar-refractivity contribution is 7.91. The molecule has 2 aromatic carbocycles. The minimum Gasteiger partial charge on any atom is -0.465 e. The molecule has 0 aliphatic carbocycles. The van der Waals surface area contributed by atoms with Crippen LogP contribution in [0, 0.1) is 0 Å². The van der Waals surface area contributed by atoms with Crippen LogP contribution in [0.15, 0.2) is 64.4 Å². The molecule has 0 heterocycles. The molecule has 1 N–H and O–H groups in total. The molecular formula is C14H13NO4S. The maximum Gasteiger partial charge on any atom is 0.411 e. The Bertz CT molecular complexity index is 726. The van der Waals surface area contributed by atoms with Crippen molar-refractivity contribution in [3.63, 3.8) is 0 Å². The van der Waals surface area contributed by atoms with Crippen LogP contribution in [-0.4, -0.2) is 26.7 Å². The molecular weight excluding hydrogens is 278 g/mol. The quantitative estimate of drug-likeness (QED) is 0.943. The number of carboxylic acid groups (broad SMARTS) is 1. The van der Waals surface area contributed by atoms with Crippen molar-refractivity contribution in [1.29, 1.82) is 0 Å². The lowest BCUT2D eigenvalue weighted by Gasteiger charge is -2.17. The van der Waals surface area contributed by atoms with E-state index < -0.39 is 15.9 Å². The molecule has 0 atom stereocenters. The molecule has 0 aliphatic heterocycles. The molecule has 5 nitrogen and oxygen atoms in total. The van der Waals surface area contributed by atoms with Crippen LogP contribution in [0.4, 0.5) is 10.5 Å². The molecule has 20 heavy (non-hydrogen) atoms. The zero-order valence-corrected chi connectivity index (χ0v) is 11.5. The molecule has 0 aliphatic rings. The largest absolute Gasteiger partial charge is 0.465 e. The van der Waals surface area contributed by atoms with Crippen molar-refractivity contribution in [1.82, 2.24) is 0 Å². The molecule has 0 aromatic heterocycles. The van der Waals surface area contributed by atoms with Gasteiger partial charge < -0.3 is 5.11 Å². The van der Waals surface area contributed by atoms with Crippen molar-refractivity contribution in [2.24, 2.45) is 0 Å². The van der Waals surface area contributed by atoms with Crippen LogP contribution < -0.4 is 4.90 Å². The van der Waals surface area contributed by atoms with Crippen LogP contribution in [0.1, 0.15) is 0 Å². The van der Waals surface area contributed by atoms with Crippen molar-refractivity contribution in [3.8, 4) is 0 Å². The van der Waals surface area contributed by atoms with Crippen LogP contribution in [0.5, 0.6) is 0 Å². The van der Waals surface area contributed by atoms with E-state index in [1.165, 1.54) is 31.3 Å². The average Bonchev–Trinajstić information content (AvgIpc) is 2.47. The Morgan fingerprint density at radius 2 is 1.55 bits per heavy atom. The second-order valence-electron chi connectivity index (χ2n) is 4.13. The predicted octanol–water partition coefficient (Wildman–Crippen LogP) is 2.63. The maximum atomic E-state index is 12.6. The van der Waals surface area contributed by atoms with Gasteiger partial charge in [0.25, 0.3) is 0 Å². The summed E-state index contributed by atoms with van der Waals surface area (Å²) in [6.45, 7) is 0. The van der Waals surface area contributed by atoms with E-state index in [-0.39, 0.29) is 15.5 Å². The van der Waals surface area contributed by atoms with Crippen molar-refractivity contribution in [3.05, 3.63) is 54.6 Å². The Balaban J connectivity index is 2.62. The fourth-order valence-electron chi connectivity index (χ4n) is 1.79. The van der Waals surface area contributed by atoms with Crippen LogP contribution >= 0.6 is 0 Å². The van der Waals surface area contributed by atoms with Gasteiger partial charge in [0, 0.05) is 7.05 Å². The van der Waals surface area contributed by atoms with E-state index in [9.17, 15) is 13.2 Å². The summed E-state index contributed by atoms with van der Waals surface area (Å²) < 4.78 is 25.1.